The number of carbonyl (C=O) groups is 2. The van der Waals surface area contributed by atoms with Gasteiger partial charge in [-0.2, -0.15) is 4.98 Å². The fourth-order valence-electron chi connectivity index (χ4n) is 3.05. The summed E-state index contributed by atoms with van der Waals surface area (Å²) in [5.41, 5.74) is -0.711. The fraction of sp³-hybridized carbons (Fsp3) is 0.714. The van der Waals surface area contributed by atoms with Crippen LogP contribution < -0.4 is 5.32 Å². The molecule has 0 aromatic carbocycles. The second kappa shape index (κ2) is 5.13. The maximum Gasteiger partial charge on any atom is 0.325 e. The van der Waals surface area contributed by atoms with Gasteiger partial charge in [0.05, 0.1) is 0 Å². The molecule has 3 rings (SSSR count). The Morgan fingerprint density at radius 2 is 2.10 bits per heavy atom. The molecule has 1 saturated carbocycles. The molecule has 2 fully saturated rings. The van der Waals surface area contributed by atoms with Gasteiger partial charge in [0.25, 0.3) is 5.91 Å². The van der Waals surface area contributed by atoms with Crippen molar-refractivity contribution < 1.29 is 14.1 Å². The minimum atomic E-state index is -0.711. The van der Waals surface area contributed by atoms with E-state index in [0.717, 1.165) is 12.8 Å². The molecule has 7 nitrogen and oxygen atoms in total. The normalized spacial score (nSPS) is 29.2. The summed E-state index contributed by atoms with van der Waals surface area (Å²) in [6, 6.07) is -0.356. The summed E-state index contributed by atoms with van der Waals surface area (Å²) in [6.07, 6.45) is 3.99. The highest BCUT2D eigenvalue weighted by Crippen LogP contribution is 2.36. The lowest BCUT2D eigenvalue weighted by Crippen LogP contribution is -2.49. The fourth-order valence-corrected chi connectivity index (χ4v) is 3.05. The van der Waals surface area contributed by atoms with Crippen LogP contribution in [0.3, 0.4) is 0 Å². The average Bonchev–Trinajstić information content (AvgIpc) is 3.02. The number of urea groups is 1. The van der Waals surface area contributed by atoms with Crippen LogP contribution in [0.2, 0.25) is 0 Å². The standard InChI is InChI=1S/C14H20N4O3/c1-3-10-15-11(21-17-10)8-18-12(19)14(16-13(18)20)6-4-9(2)5-7-14/h9H,3-8H2,1-2H3,(H,16,20). The Kier molecular flexibility index (Phi) is 3.43. The minimum absolute atomic E-state index is 0.0506. The summed E-state index contributed by atoms with van der Waals surface area (Å²) in [6.45, 7) is 4.14. The number of aromatic nitrogens is 2. The predicted molar refractivity (Wildman–Crippen MR) is 73.1 cm³/mol. The number of amides is 3. The predicted octanol–water partition coefficient (Wildman–Crippen LogP) is 1.63. The number of carbonyl (C=O) groups excluding carboxylic acids is 2. The molecule has 2 aliphatic rings. The van der Waals surface area contributed by atoms with Gasteiger partial charge >= 0.3 is 6.03 Å². The monoisotopic (exact) mass is 292 g/mol. The van der Waals surface area contributed by atoms with Crippen molar-refractivity contribution in [1.29, 1.82) is 0 Å². The molecule has 1 aliphatic heterocycles. The van der Waals surface area contributed by atoms with Gasteiger partial charge in [0.1, 0.15) is 12.1 Å². The molecule has 7 heteroatoms. The molecule has 1 aromatic heterocycles. The van der Waals surface area contributed by atoms with Crippen LogP contribution in [0.5, 0.6) is 0 Å². The SMILES string of the molecule is CCc1noc(CN2C(=O)NC3(CCC(C)CC3)C2=O)n1. The van der Waals surface area contributed by atoms with Crippen molar-refractivity contribution in [2.24, 2.45) is 5.92 Å². The van der Waals surface area contributed by atoms with E-state index in [-0.39, 0.29) is 18.5 Å². The van der Waals surface area contributed by atoms with Gasteiger partial charge in [-0.15, -0.1) is 0 Å². The van der Waals surface area contributed by atoms with Crippen LogP contribution in [-0.2, 0) is 17.8 Å². The van der Waals surface area contributed by atoms with Crippen LogP contribution in [0.25, 0.3) is 0 Å². The second-order valence-electron chi connectivity index (χ2n) is 6.04. The number of rotatable bonds is 3. The number of nitrogens with zero attached hydrogens (tertiary/aromatic N) is 3. The van der Waals surface area contributed by atoms with Crippen LogP contribution in [0.4, 0.5) is 4.79 Å². The van der Waals surface area contributed by atoms with Gasteiger partial charge in [-0.1, -0.05) is 19.0 Å². The van der Waals surface area contributed by atoms with Gasteiger partial charge < -0.3 is 9.84 Å². The smallest absolute Gasteiger partial charge is 0.325 e. The largest absolute Gasteiger partial charge is 0.337 e. The van der Waals surface area contributed by atoms with E-state index >= 15 is 0 Å². The lowest BCUT2D eigenvalue weighted by atomic mass is 9.77. The van der Waals surface area contributed by atoms with Gasteiger partial charge in [-0.05, 0) is 31.6 Å². The number of hydrogen-bond acceptors (Lipinski definition) is 5. The number of imide groups is 1. The molecule has 0 unspecified atom stereocenters. The highest BCUT2D eigenvalue weighted by atomic mass is 16.5. The van der Waals surface area contributed by atoms with E-state index in [2.05, 4.69) is 22.4 Å². The number of hydrogen-bond donors (Lipinski definition) is 1. The van der Waals surface area contributed by atoms with Gasteiger partial charge in [-0.3, -0.25) is 9.69 Å². The Morgan fingerprint density at radius 3 is 2.71 bits per heavy atom. The highest BCUT2D eigenvalue weighted by Gasteiger charge is 2.52. The van der Waals surface area contributed by atoms with Gasteiger partial charge in [-0.25, -0.2) is 4.79 Å². The lowest BCUT2D eigenvalue weighted by molar-refractivity contribution is -0.133. The topological polar surface area (TPSA) is 88.3 Å². The molecule has 0 bridgehead atoms. The summed E-state index contributed by atoms with van der Waals surface area (Å²) in [4.78, 5) is 30.1. The van der Waals surface area contributed by atoms with Crippen LogP contribution in [-0.4, -0.2) is 32.5 Å². The molecular weight excluding hydrogens is 272 g/mol. The lowest BCUT2D eigenvalue weighted by Gasteiger charge is -2.33. The van der Waals surface area contributed by atoms with Gasteiger partial charge in [0.2, 0.25) is 5.89 Å². The van der Waals surface area contributed by atoms with E-state index in [1.54, 1.807) is 0 Å². The van der Waals surface area contributed by atoms with Gasteiger partial charge in [0.15, 0.2) is 5.82 Å². The van der Waals surface area contributed by atoms with E-state index in [0.29, 0.717) is 36.9 Å². The molecular formula is C14H20N4O3. The Bertz CT molecular complexity index is 560. The van der Waals surface area contributed by atoms with Crippen molar-refractivity contribution in [3.63, 3.8) is 0 Å². The van der Waals surface area contributed by atoms with E-state index < -0.39 is 5.54 Å². The van der Waals surface area contributed by atoms with Crippen molar-refractivity contribution in [1.82, 2.24) is 20.4 Å². The summed E-state index contributed by atoms with van der Waals surface area (Å²) in [5, 5.41) is 6.66. The summed E-state index contributed by atoms with van der Waals surface area (Å²) >= 11 is 0. The zero-order valence-electron chi connectivity index (χ0n) is 12.4. The summed E-state index contributed by atoms with van der Waals surface area (Å²) in [5.74, 6) is 1.34. The summed E-state index contributed by atoms with van der Waals surface area (Å²) in [7, 11) is 0. The first-order chi connectivity index (χ1) is 10.0. The van der Waals surface area contributed by atoms with Crippen molar-refractivity contribution in [2.75, 3.05) is 0 Å². The molecule has 1 spiro atoms. The third kappa shape index (κ3) is 2.41. The number of aryl methyl sites for hydroxylation is 1. The quantitative estimate of drug-likeness (QED) is 0.855. The minimum Gasteiger partial charge on any atom is -0.337 e. The van der Waals surface area contributed by atoms with Crippen molar-refractivity contribution >= 4 is 11.9 Å². The second-order valence-corrected chi connectivity index (χ2v) is 6.04. The molecule has 1 aromatic rings. The van der Waals surface area contributed by atoms with Crippen LogP contribution in [0, 0.1) is 5.92 Å². The van der Waals surface area contributed by atoms with Crippen molar-refractivity contribution in [3.05, 3.63) is 11.7 Å². The molecule has 0 radical (unpaired) electrons. The maximum absolute atomic E-state index is 12.6. The highest BCUT2D eigenvalue weighted by molar-refractivity contribution is 6.06. The first-order valence-electron chi connectivity index (χ1n) is 7.49. The molecule has 21 heavy (non-hydrogen) atoms. The molecule has 3 amide bonds. The van der Waals surface area contributed by atoms with Crippen LogP contribution in [0.15, 0.2) is 4.52 Å². The Balaban J connectivity index is 1.74. The van der Waals surface area contributed by atoms with Crippen molar-refractivity contribution in [2.45, 2.75) is 58.0 Å². The van der Waals surface area contributed by atoms with E-state index in [4.69, 9.17) is 4.52 Å². The number of nitrogens with one attached hydrogen (secondary N) is 1. The zero-order valence-corrected chi connectivity index (χ0v) is 12.4. The Labute approximate surface area is 123 Å². The molecule has 1 aliphatic carbocycles. The zero-order chi connectivity index (χ0) is 15.0. The Hall–Kier alpha value is -1.92. The van der Waals surface area contributed by atoms with Crippen LogP contribution in [0.1, 0.15) is 51.2 Å². The first kappa shape index (κ1) is 14.0. The molecule has 0 atom stereocenters. The van der Waals surface area contributed by atoms with Crippen molar-refractivity contribution in [3.8, 4) is 0 Å². The maximum atomic E-state index is 12.6. The Morgan fingerprint density at radius 1 is 1.38 bits per heavy atom. The molecule has 114 valence electrons. The van der Waals surface area contributed by atoms with E-state index in [9.17, 15) is 9.59 Å². The third-order valence-electron chi connectivity index (χ3n) is 4.49. The first-order valence-corrected chi connectivity index (χ1v) is 7.49. The molecule has 2 heterocycles. The van der Waals surface area contributed by atoms with Crippen LogP contribution >= 0.6 is 0 Å². The van der Waals surface area contributed by atoms with E-state index in [1.165, 1.54) is 4.90 Å². The summed E-state index contributed by atoms with van der Waals surface area (Å²) < 4.78 is 5.07. The van der Waals surface area contributed by atoms with Gasteiger partial charge in [0, 0.05) is 6.42 Å². The third-order valence-corrected chi connectivity index (χ3v) is 4.49. The average molecular weight is 292 g/mol. The molecule has 1 saturated heterocycles. The van der Waals surface area contributed by atoms with E-state index in [1.807, 2.05) is 6.92 Å². The molecule has 1 N–H and O–H groups in total.